The summed E-state index contributed by atoms with van der Waals surface area (Å²) < 4.78 is 9.15. The second kappa shape index (κ2) is 14.0. The quantitative estimate of drug-likeness (QED) is 0.161. The molecular formula is C37H31ClN10O3. The zero-order valence-electron chi connectivity index (χ0n) is 27.2. The van der Waals surface area contributed by atoms with E-state index in [1.165, 1.54) is 0 Å². The maximum Gasteiger partial charge on any atom is 0.249 e. The second-order valence-corrected chi connectivity index (χ2v) is 12.7. The van der Waals surface area contributed by atoms with Gasteiger partial charge in [0, 0.05) is 41.4 Å². The van der Waals surface area contributed by atoms with Gasteiger partial charge in [0.2, 0.25) is 29.6 Å². The van der Waals surface area contributed by atoms with Crippen LogP contribution < -0.4 is 15.4 Å². The van der Waals surface area contributed by atoms with Crippen molar-refractivity contribution in [3.63, 3.8) is 0 Å². The molecule has 0 radical (unpaired) electrons. The van der Waals surface area contributed by atoms with Gasteiger partial charge in [0.25, 0.3) is 0 Å². The summed E-state index contributed by atoms with van der Waals surface area (Å²) in [6.07, 6.45) is 7.20. The lowest BCUT2D eigenvalue weighted by Crippen LogP contribution is -2.14. The molecule has 14 heteroatoms. The van der Waals surface area contributed by atoms with Gasteiger partial charge in [0.1, 0.15) is 11.8 Å². The summed E-state index contributed by atoms with van der Waals surface area (Å²) in [7, 11) is 0. The number of ether oxygens (including phenoxy) is 1. The van der Waals surface area contributed by atoms with Gasteiger partial charge in [0.05, 0.1) is 11.4 Å². The molecule has 2 fully saturated rings. The van der Waals surface area contributed by atoms with Gasteiger partial charge in [-0.05, 0) is 73.7 Å². The predicted octanol–water partition coefficient (Wildman–Crippen LogP) is 6.51. The summed E-state index contributed by atoms with van der Waals surface area (Å²) in [4.78, 5) is 41.0. The van der Waals surface area contributed by atoms with Gasteiger partial charge in [-0.3, -0.25) is 20.2 Å². The summed E-state index contributed by atoms with van der Waals surface area (Å²) in [5.74, 6) is 1.41. The van der Waals surface area contributed by atoms with Crippen LogP contribution >= 0.6 is 11.6 Å². The lowest BCUT2D eigenvalue weighted by Gasteiger charge is -2.07. The third-order valence-electron chi connectivity index (χ3n) is 8.37. The first-order chi connectivity index (χ1) is 25.0. The van der Waals surface area contributed by atoms with Crippen LogP contribution in [0.4, 0.5) is 11.9 Å². The lowest BCUT2D eigenvalue weighted by molar-refractivity contribution is -0.118. The molecule has 0 atom stereocenters. The van der Waals surface area contributed by atoms with Crippen molar-refractivity contribution < 1.29 is 14.3 Å². The molecule has 9 rings (SSSR count). The highest BCUT2D eigenvalue weighted by Gasteiger charge is 2.31. The SMILES string of the molecule is O=C(Nc1nc2cccc(-c3ccc(Cl)nc3)n2n1)C1CC1.O=C(Nc1nc2cccc(-c3ccc(OCc4ccccc4)nc3)n2n1)C1CC1. The number of carbonyl (C=O) groups excluding carboxylic acids is 2. The Labute approximate surface area is 296 Å². The van der Waals surface area contributed by atoms with E-state index in [1.807, 2.05) is 84.9 Å². The number of nitrogens with one attached hydrogen (secondary N) is 2. The number of nitrogens with zero attached hydrogens (tertiary/aromatic N) is 8. The minimum atomic E-state index is -0.0101. The zero-order chi connectivity index (χ0) is 34.7. The molecule has 0 bridgehead atoms. The molecule has 7 aromatic rings. The number of carbonyl (C=O) groups is 2. The number of hydrogen-bond donors (Lipinski definition) is 2. The second-order valence-electron chi connectivity index (χ2n) is 12.3. The average molecular weight is 699 g/mol. The molecule has 51 heavy (non-hydrogen) atoms. The van der Waals surface area contributed by atoms with Gasteiger partial charge < -0.3 is 4.74 Å². The van der Waals surface area contributed by atoms with Gasteiger partial charge in [0.15, 0.2) is 11.3 Å². The van der Waals surface area contributed by atoms with Crippen LogP contribution in [-0.2, 0) is 16.2 Å². The van der Waals surface area contributed by atoms with Crippen LogP contribution in [-0.4, -0.2) is 51.0 Å². The van der Waals surface area contributed by atoms with Crippen molar-refractivity contribution in [2.24, 2.45) is 11.8 Å². The van der Waals surface area contributed by atoms with Crippen molar-refractivity contribution in [3.05, 3.63) is 114 Å². The molecule has 2 N–H and O–H groups in total. The van der Waals surface area contributed by atoms with E-state index in [1.54, 1.807) is 27.5 Å². The molecule has 6 aromatic heterocycles. The monoisotopic (exact) mass is 698 g/mol. The maximum atomic E-state index is 12.0. The Morgan fingerprint density at radius 1 is 0.667 bits per heavy atom. The average Bonchev–Trinajstić information content (AvgIpc) is 4.10. The third kappa shape index (κ3) is 7.53. The fourth-order valence-corrected chi connectivity index (χ4v) is 5.46. The minimum absolute atomic E-state index is 0.00869. The van der Waals surface area contributed by atoms with Crippen molar-refractivity contribution in [1.82, 2.24) is 39.2 Å². The van der Waals surface area contributed by atoms with Crippen molar-refractivity contribution in [1.29, 1.82) is 0 Å². The number of fused-ring (bicyclic) bond motifs is 2. The number of aromatic nitrogens is 8. The van der Waals surface area contributed by atoms with Gasteiger partial charge in [-0.25, -0.2) is 19.0 Å². The number of amides is 2. The molecule has 0 unspecified atom stereocenters. The van der Waals surface area contributed by atoms with E-state index in [9.17, 15) is 9.59 Å². The Bertz CT molecular complexity index is 2340. The number of hydrogen-bond acceptors (Lipinski definition) is 9. The number of rotatable bonds is 9. The fraction of sp³-hybridized carbons (Fsp3) is 0.189. The van der Waals surface area contributed by atoms with Crippen LogP contribution in [0.25, 0.3) is 33.8 Å². The summed E-state index contributed by atoms with van der Waals surface area (Å²) in [6, 6.07) is 28.7. The molecule has 2 aliphatic carbocycles. The van der Waals surface area contributed by atoms with Crippen LogP contribution in [0, 0.1) is 11.8 Å². The molecular weight excluding hydrogens is 668 g/mol. The fourth-order valence-electron chi connectivity index (χ4n) is 5.35. The lowest BCUT2D eigenvalue weighted by atomic mass is 10.2. The standard InChI is InChI=1S/C22H19N5O2.C15H12ClN5O/c28-21(16-9-10-16)25-22-24-19-8-4-7-18(27(19)26-22)17-11-12-20(23-13-17)29-14-15-5-2-1-3-6-15;16-12-7-6-10(8-17-12)11-2-1-3-13-18-15(20-21(11)13)19-14(22)9-4-5-9/h1-8,11-13,16H,9-10,14H2,(H,25,26,28);1-3,6-9H,4-5H2,(H,19,20,22). The first-order valence-electron chi connectivity index (χ1n) is 16.6. The zero-order valence-corrected chi connectivity index (χ0v) is 27.9. The smallest absolute Gasteiger partial charge is 0.249 e. The predicted molar refractivity (Wildman–Crippen MR) is 191 cm³/mol. The molecule has 2 saturated carbocycles. The van der Waals surface area contributed by atoms with Crippen molar-refractivity contribution >= 4 is 46.6 Å². The summed E-state index contributed by atoms with van der Waals surface area (Å²) in [5, 5.41) is 14.8. The van der Waals surface area contributed by atoms with Gasteiger partial charge in [-0.1, -0.05) is 54.1 Å². The van der Waals surface area contributed by atoms with Crippen LogP contribution in [0.1, 0.15) is 31.2 Å². The Morgan fingerprint density at radius 2 is 1.22 bits per heavy atom. The topological polar surface area (TPSA) is 154 Å². The Hall–Kier alpha value is -6.21. The summed E-state index contributed by atoms with van der Waals surface area (Å²) in [5.41, 5.74) is 5.85. The van der Waals surface area contributed by atoms with Crippen molar-refractivity contribution in [2.75, 3.05) is 10.6 Å². The summed E-state index contributed by atoms with van der Waals surface area (Å²) in [6.45, 7) is 0.468. The van der Waals surface area contributed by atoms with E-state index in [-0.39, 0.29) is 23.7 Å². The van der Waals surface area contributed by atoms with E-state index >= 15 is 0 Å². The Morgan fingerprint density at radius 3 is 1.71 bits per heavy atom. The molecule has 0 saturated heterocycles. The first kappa shape index (κ1) is 32.0. The van der Waals surface area contributed by atoms with Crippen LogP contribution in [0.15, 0.2) is 103 Å². The third-order valence-corrected chi connectivity index (χ3v) is 8.59. The minimum Gasteiger partial charge on any atom is -0.473 e. The maximum absolute atomic E-state index is 12.0. The van der Waals surface area contributed by atoms with Crippen LogP contribution in [0.2, 0.25) is 5.15 Å². The largest absolute Gasteiger partial charge is 0.473 e. The normalized spacial score (nSPS) is 13.7. The molecule has 6 heterocycles. The Kier molecular flexibility index (Phi) is 8.76. The molecule has 254 valence electrons. The van der Waals surface area contributed by atoms with Crippen LogP contribution in [0.5, 0.6) is 5.88 Å². The number of anilines is 2. The van der Waals surface area contributed by atoms with Gasteiger partial charge in [-0.15, -0.1) is 10.2 Å². The molecule has 0 aliphatic heterocycles. The summed E-state index contributed by atoms with van der Waals surface area (Å²) >= 11 is 5.82. The van der Waals surface area contributed by atoms with E-state index in [0.717, 1.165) is 53.8 Å². The van der Waals surface area contributed by atoms with E-state index in [0.29, 0.717) is 40.8 Å². The van der Waals surface area contributed by atoms with Gasteiger partial charge in [-0.2, -0.15) is 9.97 Å². The number of benzene rings is 1. The van der Waals surface area contributed by atoms with E-state index in [4.69, 9.17) is 16.3 Å². The molecule has 13 nitrogen and oxygen atoms in total. The van der Waals surface area contributed by atoms with E-state index < -0.39 is 0 Å². The molecule has 1 aromatic carbocycles. The van der Waals surface area contributed by atoms with Crippen molar-refractivity contribution in [3.8, 4) is 28.4 Å². The van der Waals surface area contributed by atoms with E-state index in [2.05, 4.69) is 40.8 Å². The number of pyridine rings is 4. The van der Waals surface area contributed by atoms with Gasteiger partial charge >= 0.3 is 0 Å². The Balaban J connectivity index is 0.000000152. The molecule has 2 aliphatic rings. The molecule has 0 spiro atoms. The van der Waals surface area contributed by atoms with Crippen molar-refractivity contribution in [2.45, 2.75) is 32.3 Å². The highest BCUT2D eigenvalue weighted by molar-refractivity contribution is 6.29. The highest BCUT2D eigenvalue weighted by atomic mass is 35.5. The number of halogens is 1. The first-order valence-corrected chi connectivity index (χ1v) is 16.9. The molecule has 2 amide bonds. The van der Waals surface area contributed by atoms with Crippen LogP contribution in [0.3, 0.4) is 0 Å². The highest BCUT2D eigenvalue weighted by Crippen LogP contribution is 2.31.